The molecule has 0 aliphatic carbocycles. The second-order valence-corrected chi connectivity index (χ2v) is 9.53. The number of nitrogens with zero attached hydrogens (tertiary/aromatic N) is 2. The fraction of sp³-hybridized carbons (Fsp3) is 0.333. The minimum Gasteiger partial charge on any atom is -0.447 e. The van der Waals surface area contributed by atoms with Crippen molar-refractivity contribution in [2.45, 2.75) is 45.6 Å². The third kappa shape index (κ3) is 7.19. The van der Waals surface area contributed by atoms with Crippen molar-refractivity contribution in [3.63, 3.8) is 0 Å². The summed E-state index contributed by atoms with van der Waals surface area (Å²) in [7, 11) is 4.03. The first kappa shape index (κ1) is 26.0. The van der Waals surface area contributed by atoms with Crippen LogP contribution in [0.3, 0.4) is 0 Å². The number of para-hydroxylation sites is 1. The van der Waals surface area contributed by atoms with Crippen LogP contribution in [0.2, 0.25) is 0 Å². The Bertz CT molecular complexity index is 1090. The molecule has 184 valence electrons. The van der Waals surface area contributed by atoms with Gasteiger partial charge in [-0.3, -0.25) is 10.3 Å². The van der Waals surface area contributed by atoms with E-state index in [4.69, 9.17) is 9.73 Å². The molecule has 3 aromatic carbocycles. The first-order chi connectivity index (χ1) is 16.8. The zero-order valence-corrected chi connectivity index (χ0v) is 21.7. The average molecular weight is 472 g/mol. The van der Waals surface area contributed by atoms with Gasteiger partial charge in [-0.1, -0.05) is 88.4 Å². The van der Waals surface area contributed by atoms with E-state index in [1.165, 1.54) is 0 Å². The molecule has 0 fully saturated rings. The first-order valence-electron chi connectivity index (χ1n) is 12.2. The third-order valence-electron chi connectivity index (χ3n) is 5.97. The second-order valence-electron chi connectivity index (χ2n) is 9.53. The molecule has 0 saturated heterocycles. The summed E-state index contributed by atoms with van der Waals surface area (Å²) < 4.78 is 5.70. The van der Waals surface area contributed by atoms with Gasteiger partial charge in [0.15, 0.2) is 0 Å². The molecule has 1 N–H and O–H groups in total. The standard InChI is InChI=1S/C30H37N3O2/c1-21(2)26-13-10-14-27(22(3)4)29(26)32-30(34)35-20-28(24-11-8-7-9-12-24)31-19-23-15-17-25(18-16-23)33(5)6/h7-19,21-22,28H,20H2,1-6H3,(H,32,34)/t28-/m0/s1. The lowest BCUT2D eigenvalue weighted by molar-refractivity contribution is 0.154. The summed E-state index contributed by atoms with van der Waals surface area (Å²) in [6, 6.07) is 24.0. The molecule has 0 aliphatic rings. The van der Waals surface area contributed by atoms with Gasteiger partial charge in [0.1, 0.15) is 12.6 Å². The Labute approximate surface area is 209 Å². The highest BCUT2D eigenvalue weighted by molar-refractivity contribution is 5.87. The van der Waals surface area contributed by atoms with Crippen LogP contribution in [-0.2, 0) is 4.74 Å². The van der Waals surface area contributed by atoms with Crippen LogP contribution in [0.5, 0.6) is 0 Å². The molecule has 5 nitrogen and oxygen atoms in total. The van der Waals surface area contributed by atoms with E-state index < -0.39 is 6.09 Å². The summed E-state index contributed by atoms with van der Waals surface area (Å²) in [5, 5.41) is 3.02. The van der Waals surface area contributed by atoms with Gasteiger partial charge in [-0.15, -0.1) is 0 Å². The molecule has 35 heavy (non-hydrogen) atoms. The van der Waals surface area contributed by atoms with Gasteiger partial charge in [-0.2, -0.15) is 0 Å². The number of carbonyl (C=O) groups is 1. The van der Waals surface area contributed by atoms with Crippen molar-refractivity contribution >= 4 is 23.7 Å². The normalized spacial score (nSPS) is 12.2. The smallest absolute Gasteiger partial charge is 0.411 e. The number of nitrogens with one attached hydrogen (secondary N) is 1. The summed E-state index contributed by atoms with van der Waals surface area (Å²) in [6.07, 6.45) is 1.37. The van der Waals surface area contributed by atoms with Crippen molar-refractivity contribution in [3.05, 3.63) is 95.1 Å². The molecule has 5 heteroatoms. The second kappa shape index (κ2) is 12.2. The summed E-state index contributed by atoms with van der Waals surface area (Å²) in [5.41, 5.74) is 6.17. The van der Waals surface area contributed by atoms with Crippen molar-refractivity contribution < 1.29 is 9.53 Å². The van der Waals surface area contributed by atoms with Crippen LogP contribution in [0.15, 0.2) is 77.8 Å². The number of carbonyl (C=O) groups excluding carboxylic acids is 1. The number of benzene rings is 3. The van der Waals surface area contributed by atoms with E-state index in [2.05, 4.69) is 62.2 Å². The van der Waals surface area contributed by atoms with Crippen LogP contribution >= 0.6 is 0 Å². The molecular weight excluding hydrogens is 434 g/mol. The summed E-state index contributed by atoms with van der Waals surface area (Å²) in [4.78, 5) is 19.7. The fourth-order valence-corrected chi connectivity index (χ4v) is 3.92. The van der Waals surface area contributed by atoms with Crippen LogP contribution in [0.4, 0.5) is 16.2 Å². The van der Waals surface area contributed by atoms with E-state index in [9.17, 15) is 4.79 Å². The first-order valence-corrected chi connectivity index (χ1v) is 12.2. The van der Waals surface area contributed by atoms with Crippen molar-refractivity contribution in [2.75, 3.05) is 30.9 Å². The predicted octanol–water partition coefficient (Wildman–Crippen LogP) is 7.41. The Morgan fingerprint density at radius 1 is 0.886 bits per heavy atom. The molecule has 0 aromatic heterocycles. The summed E-state index contributed by atoms with van der Waals surface area (Å²) in [6.45, 7) is 8.65. The zero-order valence-electron chi connectivity index (χ0n) is 21.7. The Morgan fingerprint density at radius 2 is 1.49 bits per heavy atom. The minimum atomic E-state index is -0.466. The third-order valence-corrected chi connectivity index (χ3v) is 5.97. The van der Waals surface area contributed by atoms with Gasteiger partial charge in [0, 0.05) is 26.0 Å². The fourth-order valence-electron chi connectivity index (χ4n) is 3.92. The lowest BCUT2D eigenvalue weighted by Gasteiger charge is -2.20. The SMILES string of the molecule is CC(C)c1cccc(C(C)C)c1NC(=O)OC[C@H](N=Cc1ccc(N(C)C)cc1)c1ccccc1. The lowest BCUT2D eigenvalue weighted by atomic mass is 9.93. The molecule has 0 unspecified atom stereocenters. The lowest BCUT2D eigenvalue weighted by Crippen LogP contribution is -2.20. The van der Waals surface area contributed by atoms with Gasteiger partial charge in [0.2, 0.25) is 0 Å². The quantitative estimate of drug-likeness (QED) is 0.331. The van der Waals surface area contributed by atoms with Gasteiger partial charge >= 0.3 is 6.09 Å². The van der Waals surface area contributed by atoms with Crippen molar-refractivity contribution in [1.29, 1.82) is 0 Å². The molecular formula is C30H37N3O2. The van der Waals surface area contributed by atoms with Crippen LogP contribution in [0, 0.1) is 0 Å². The van der Waals surface area contributed by atoms with Crippen molar-refractivity contribution in [2.24, 2.45) is 4.99 Å². The van der Waals surface area contributed by atoms with Crippen molar-refractivity contribution in [3.8, 4) is 0 Å². The van der Waals surface area contributed by atoms with Gasteiger partial charge in [-0.05, 0) is 46.2 Å². The van der Waals surface area contributed by atoms with Crippen LogP contribution < -0.4 is 10.2 Å². The maximum atomic E-state index is 12.9. The van der Waals surface area contributed by atoms with E-state index in [1.807, 2.05) is 68.8 Å². The van der Waals surface area contributed by atoms with Gasteiger partial charge in [0.25, 0.3) is 0 Å². The number of anilines is 2. The van der Waals surface area contributed by atoms with Crippen molar-refractivity contribution in [1.82, 2.24) is 0 Å². The molecule has 3 rings (SSSR count). The zero-order chi connectivity index (χ0) is 25.4. The molecule has 0 saturated carbocycles. The van der Waals surface area contributed by atoms with E-state index in [0.29, 0.717) is 0 Å². The molecule has 0 radical (unpaired) electrons. The average Bonchev–Trinajstić information content (AvgIpc) is 2.84. The van der Waals surface area contributed by atoms with E-state index in [1.54, 1.807) is 0 Å². The molecule has 1 atom stereocenters. The Hall–Kier alpha value is -3.60. The van der Waals surface area contributed by atoms with Crippen LogP contribution in [-0.4, -0.2) is 33.0 Å². The van der Waals surface area contributed by atoms with E-state index >= 15 is 0 Å². The van der Waals surface area contributed by atoms with Crippen LogP contribution in [0.25, 0.3) is 0 Å². The Morgan fingerprint density at radius 3 is 2.03 bits per heavy atom. The maximum Gasteiger partial charge on any atom is 0.411 e. The number of aliphatic imine (C=N–C) groups is 1. The topological polar surface area (TPSA) is 53.9 Å². The highest BCUT2D eigenvalue weighted by Gasteiger charge is 2.18. The molecule has 1 amide bonds. The summed E-state index contributed by atoms with van der Waals surface area (Å²) >= 11 is 0. The molecule has 0 bridgehead atoms. The largest absolute Gasteiger partial charge is 0.447 e. The number of hydrogen-bond donors (Lipinski definition) is 1. The molecule has 0 heterocycles. The number of rotatable bonds is 9. The van der Waals surface area contributed by atoms with E-state index in [-0.39, 0.29) is 24.5 Å². The van der Waals surface area contributed by atoms with E-state index in [0.717, 1.165) is 33.6 Å². The number of amides is 1. The molecule has 3 aromatic rings. The Kier molecular flexibility index (Phi) is 9.07. The van der Waals surface area contributed by atoms with Gasteiger partial charge in [-0.25, -0.2) is 4.79 Å². The van der Waals surface area contributed by atoms with Gasteiger partial charge in [0.05, 0.1) is 5.69 Å². The maximum absolute atomic E-state index is 12.9. The highest BCUT2D eigenvalue weighted by atomic mass is 16.5. The highest BCUT2D eigenvalue weighted by Crippen LogP contribution is 2.32. The molecule has 0 spiro atoms. The van der Waals surface area contributed by atoms with Gasteiger partial charge < -0.3 is 9.64 Å². The molecule has 0 aliphatic heterocycles. The summed E-state index contributed by atoms with van der Waals surface area (Å²) in [5.74, 6) is 0.564. The minimum absolute atomic E-state index is 0.142. The van der Waals surface area contributed by atoms with Crippen LogP contribution in [0.1, 0.15) is 67.8 Å². The monoisotopic (exact) mass is 471 g/mol. The number of ether oxygens (including phenoxy) is 1. The predicted molar refractivity (Wildman–Crippen MR) is 147 cm³/mol. The Balaban J connectivity index is 1.76. The number of hydrogen-bond acceptors (Lipinski definition) is 4.